The summed E-state index contributed by atoms with van der Waals surface area (Å²) in [6, 6.07) is 7.68. The van der Waals surface area contributed by atoms with Crippen LogP contribution in [-0.4, -0.2) is 35.1 Å². The number of nitrogens with two attached hydrogens (primary N) is 1. The standard InChI is InChI=1S/C12H13N3O2/c13-8-6-15(7-8)12(16)5-10-9-3-1-2-4-11(9)17-14-10/h1-4,8H,5-7,13H2. The second-order valence-corrected chi connectivity index (χ2v) is 4.36. The summed E-state index contributed by atoms with van der Waals surface area (Å²) in [4.78, 5) is 13.6. The van der Waals surface area contributed by atoms with Crippen LogP contribution in [0.4, 0.5) is 0 Å². The van der Waals surface area contributed by atoms with Gasteiger partial charge in [0.25, 0.3) is 0 Å². The Morgan fingerprint density at radius 2 is 2.24 bits per heavy atom. The number of likely N-dealkylation sites (tertiary alicyclic amines) is 1. The van der Waals surface area contributed by atoms with E-state index in [0.29, 0.717) is 18.8 Å². The smallest absolute Gasteiger partial charge is 0.228 e. The maximum Gasteiger partial charge on any atom is 0.228 e. The number of hydrogen-bond acceptors (Lipinski definition) is 4. The van der Waals surface area contributed by atoms with Crippen molar-refractivity contribution in [2.24, 2.45) is 5.73 Å². The van der Waals surface area contributed by atoms with Gasteiger partial charge in [-0.2, -0.15) is 0 Å². The number of amides is 1. The minimum atomic E-state index is 0.0609. The summed E-state index contributed by atoms with van der Waals surface area (Å²) in [6.07, 6.45) is 0.281. The quantitative estimate of drug-likeness (QED) is 0.818. The lowest BCUT2D eigenvalue weighted by Crippen LogP contribution is -2.58. The average molecular weight is 231 g/mol. The molecule has 5 heteroatoms. The highest BCUT2D eigenvalue weighted by Gasteiger charge is 2.28. The molecule has 2 N–H and O–H groups in total. The molecule has 1 amide bonds. The molecule has 0 spiro atoms. The van der Waals surface area contributed by atoms with Gasteiger partial charge < -0.3 is 15.2 Å². The zero-order valence-electron chi connectivity index (χ0n) is 9.30. The summed E-state index contributed by atoms with van der Waals surface area (Å²) >= 11 is 0. The molecule has 0 unspecified atom stereocenters. The third-order valence-electron chi connectivity index (χ3n) is 3.03. The SMILES string of the molecule is NC1CN(C(=O)Cc2noc3ccccc23)C1. The summed E-state index contributed by atoms with van der Waals surface area (Å²) < 4.78 is 5.16. The zero-order chi connectivity index (χ0) is 11.8. The molecular formula is C12H13N3O2. The van der Waals surface area contributed by atoms with Crippen LogP contribution in [0.15, 0.2) is 28.8 Å². The van der Waals surface area contributed by atoms with Crippen molar-refractivity contribution in [3.05, 3.63) is 30.0 Å². The Kier molecular flexibility index (Phi) is 2.33. The van der Waals surface area contributed by atoms with E-state index in [2.05, 4.69) is 5.16 Å². The first-order chi connectivity index (χ1) is 8.24. The summed E-state index contributed by atoms with van der Waals surface area (Å²) in [6.45, 7) is 1.29. The highest BCUT2D eigenvalue weighted by Crippen LogP contribution is 2.19. The fourth-order valence-corrected chi connectivity index (χ4v) is 2.04. The van der Waals surface area contributed by atoms with Gasteiger partial charge in [0.15, 0.2) is 5.58 Å². The fraction of sp³-hybridized carbons (Fsp3) is 0.333. The molecule has 1 aliphatic rings. The first-order valence-corrected chi connectivity index (χ1v) is 5.60. The van der Waals surface area contributed by atoms with Gasteiger partial charge in [-0.25, -0.2) is 0 Å². The van der Waals surface area contributed by atoms with Crippen molar-refractivity contribution in [3.63, 3.8) is 0 Å². The number of rotatable bonds is 2. The number of hydrogen-bond donors (Lipinski definition) is 1. The Balaban J connectivity index is 1.78. The topological polar surface area (TPSA) is 72.4 Å². The van der Waals surface area contributed by atoms with E-state index in [-0.39, 0.29) is 18.4 Å². The predicted octanol–water partition coefficient (Wildman–Crippen LogP) is 0.540. The minimum absolute atomic E-state index is 0.0609. The van der Waals surface area contributed by atoms with Crippen molar-refractivity contribution in [2.75, 3.05) is 13.1 Å². The van der Waals surface area contributed by atoms with Crippen molar-refractivity contribution >= 4 is 16.9 Å². The van der Waals surface area contributed by atoms with Crippen LogP contribution in [0, 0.1) is 0 Å². The molecule has 2 aromatic rings. The molecule has 1 aromatic heterocycles. The van der Waals surface area contributed by atoms with Gasteiger partial charge >= 0.3 is 0 Å². The maximum absolute atomic E-state index is 11.9. The van der Waals surface area contributed by atoms with Crippen LogP contribution < -0.4 is 5.73 Å². The van der Waals surface area contributed by atoms with E-state index in [1.807, 2.05) is 24.3 Å². The zero-order valence-corrected chi connectivity index (χ0v) is 9.30. The second-order valence-electron chi connectivity index (χ2n) is 4.36. The van der Waals surface area contributed by atoms with E-state index >= 15 is 0 Å². The number of carbonyl (C=O) groups is 1. The third-order valence-corrected chi connectivity index (χ3v) is 3.03. The molecular weight excluding hydrogens is 218 g/mol. The lowest BCUT2D eigenvalue weighted by atomic mass is 10.1. The monoisotopic (exact) mass is 231 g/mol. The molecule has 3 rings (SSSR count). The van der Waals surface area contributed by atoms with Crippen molar-refractivity contribution in [1.29, 1.82) is 0 Å². The third kappa shape index (κ3) is 1.78. The van der Waals surface area contributed by atoms with Gasteiger partial charge in [0.05, 0.1) is 6.42 Å². The Labute approximate surface area is 98.2 Å². The molecule has 0 radical (unpaired) electrons. The largest absolute Gasteiger partial charge is 0.356 e. The molecule has 0 aliphatic carbocycles. The number of aromatic nitrogens is 1. The Morgan fingerprint density at radius 3 is 3.00 bits per heavy atom. The summed E-state index contributed by atoms with van der Waals surface area (Å²) in [5, 5.41) is 4.85. The van der Waals surface area contributed by atoms with E-state index in [1.54, 1.807) is 4.90 Å². The lowest BCUT2D eigenvalue weighted by molar-refractivity contribution is -0.134. The number of para-hydroxylation sites is 1. The molecule has 1 saturated heterocycles. The van der Waals surface area contributed by atoms with Crippen LogP contribution in [0.5, 0.6) is 0 Å². The molecule has 0 saturated carbocycles. The van der Waals surface area contributed by atoms with E-state index in [0.717, 1.165) is 11.0 Å². The Morgan fingerprint density at radius 1 is 1.47 bits per heavy atom. The van der Waals surface area contributed by atoms with Gasteiger partial charge in [0.2, 0.25) is 5.91 Å². The van der Waals surface area contributed by atoms with Crippen LogP contribution in [0.2, 0.25) is 0 Å². The normalized spacial score (nSPS) is 16.2. The number of benzene rings is 1. The van der Waals surface area contributed by atoms with Crippen molar-refractivity contribution < 1.29 is 9.32 Å². The van der Waals surface area contributed by atoms with Crippen molar-refractivity contribution in [1.82, 2.24) is 10.1 Å². The van der Waals surface area contributed by atoms with Crippen LogP contribution in [-0.2, 0) is 11.2 Å². The van der Waals surface area contributed by atoms with E-state index in [4.69, 9.17) is 10.3 Å². The molecule has 0 atom stereocenters. The maximum atomic E-state index is 11.9. The van der Waals surface area contributed by atoms with Gasteiger partial charge in [-0.3, -0.25) is 4.79 Å². The first kappa shape index (κ1) is 10.3. The van der Waals surface area contributed by atoms with Gasteiger partial charge in [0, 0.05) is 24.5 Å². The van der Waals surface area contributed by atoms with Gasteiger partial charge in [-0.15, -0.1) is 0 Å². The van der Waals surface area contributed by atoms with E-state index in [1.165, 1.54) is 0 Å². The van der Waals surface area contributed by atoms with Crippen LogP contribution in [0.3, 0.4) is 0 Å². The number of nitrogens with zero attached hydrogens (tertiary/aromatic N) is 2. The molecule has 1 fully saturated rings. The molecule has 1 aromatic carbocycles. The van der Waals surface area contributed by atoms with Crippen LogP contribution in [0.25, 0.3) is 11.0 Å². The van der Waals surface area contributed by atoms with Crippen LogP contribution in [0.1, 0.15) is 5.69 Å². The highest BCUT2D eigenvalue weighted by atomic mass is 16.5. The van der Waals surface area contributed by atoms with Crippen molar-refractivity contribution in [2.45, 2.75) is 12.5 Å². The van der Waals surface area contributed by atoms with Crippen LogP contribution >= 0.6 is 0 Å². The lowest BCUT2D eigenvalue weighted by Gasteiger charge is -2.36. The number of fused-ring (bicyclic) bond motifs is 1. The van der Waals surface area contributed by atoms with E-state index in [9.17, 15) is 4.79 Å². The fourth-order valence-electron chi connectivity index (χ4n) is 2.04. The Hall–Kier alpha value is -1.88. The molecule has 17 heavy (non-hydrogen) atoms. The highest BCUT2D eigenvalue weighted by molar-refractivity contribution is 5.86. The van der Waals surface area contributed by atoms with Gasteiger partial charge in [0.1, 0.15) is 5.69 Å². The van der Waals surface area contributed by atoms with E-state index < -0.39 is 0 Å². The van der Waals surface area contributed by atoms with Crippen molar-refractivity contribution in [3.8, 4) is 0 Å². The molecule has 88 valence electrons. The number of carbonyl (C=O) groups excluding carboxylic acids is 1. The Bertz CT molecular complexity index is 558. The molecule has 2 heterocycles. The first-order valence-electron chi connectivity index (χ1n) is 5.60. The average Bonchev–Trinajstić information content (AvgIpc) is 2.69. The molecule has 1 aliphatic heterocycles. The molecule has 5 nitrogen and oxygen atoms in total. The van der Waals surface area contributed by atoms with Gasteiger partial charge in [-0.1, -0.05) is 17.3 Å². The summed E-state index contributed by atoms with van der Waals surface area (Å²) in [7, 11) is 0. The second kappa shape index (κ2) is 3.85. The predicted molar refractivity (Wildman–Crippen MR) is 62.3 cm³/mol. The van der Waals surface area contributed by atoms with Gasteiger partial charge in [-0.05, 0) is 12.1 Å². The minimum Gasteiger partial charge on any atom is -0.356 e. The summed E-state index contributed by atoms with van der Waals surface area (Å²) in [5.41, 5.74) is 7.06. The summed E-state index contributed by atoms with van der Waals surface area (Å²) in [5.74, 6) is 0.0609. The molecule has 0 bridgehead atoms.